The van der Waals surface area contributed by atoms with E-state index in [1.807, 2.05) is 19.0 Å². The maximum Gasteiger partial charge on any atom is 0.295 e. The quantitative estimate of drug-likeness (QED) is 0.668. The van der Waals surface area contributed by atoms with Crippen molar-refractivity contribution in [3.05, 3.63) is 47.4 Å². The molecule has 0 aliphatic carbocycles. The molecule has 1 aromatic carbocycles. The van der Waals surface area contributed by atoms with Gasteiger partial charge in [0.05, 0.1) is 16.5 Å². The zero-order valence-electron chi connectivity index (χ0n) is 14.8. The number of aryl methyl sites for hydroxylation is 2. The summed E-state index contributed by atoms with van der Waals surface area (Å²) in [6, 6.07) is 7.58. The second-order valence-corrected chi connectivity index (χ2v) is 7.10. The van der Waals surface area contributed by atoms with Crippen LogP contribution in [0.25, 0.3) is 10.2 Å². The molecule has 0 fully saturated rings. The van der Waals surface area contributed by atoms with Crippen LogP contribution in [-0.4, -0.2) is 43.0 Å². The number of furan rings is 1. The minimum atomic E-state index is -0.157. The van der Waals surface area contributed by atoms with Crippen LogP contribution in [0.5, 0.6) is 0 Å². The number of carbonyl (C=O) groups excluding carboxylic acids is 1. The second-order valence-electron chi connectivity index (χ2n) is 6.09. The summed E-state index contributed by atoms with van der Waals surface area (Å²) in [6.45, 7) is 5.45. The zero-order chi connectivity index (χ0) is 17.3. The lowest BCUT2D eigenvalue weighted by molar-refractivity contribution is 0.0958. The molecule has 0 bridgehead atoms. The molecule has 2 aromatic heterocycles. The van der Waals surface area contributed by atoms with E-state index < -0.39 is 0 Å². The van der Waals surface area contributed by atoms with Crippen molar-refractivity contribution in [2.75, 3.05) is 32.1 Å². The fourth-order valence-corrected chi connectivity index (χ4v) is 3.50. The van der Waals surface area contributed by atoms with Crippen molar-refractivity contribution in [1.82, 2.24) is 9.88 Å². The van der Waals surface area contributed by atoms with Gasteiger partial charge in [-0.3, -0.25) is 9.69 Å². The third-order valence-electron chi connectivity index (χ3n) is 4.05. The van der Waals surface area contributed by atoms with Gasteiger partial charge in [0.2, 0.25) is 0 Å². The minimum absolute atomic E-state index is 0. The molecule has 25 heavy (non-hydrogen) atoms. The minimum Gasteiger partial charge on any atom is -0.459 e. The van der Waals surface area contributed by atoms with Crippen LogP contribution in [0.4, 0.5) is 5.13 Å². The van der Waals surface area contributed by atoms with Crippen molar-refractivity contribution in [2.45, 2.75) is 13.8 Å². The van der Waals surface area contributed by atoms with Crippen LogP contribution in [0, 0.1) is 13.8 Å². The number of nitrogens with zero attached hydrogens (tertiary/aromatic N) is 3. The highest BCUT2D eigenvalue weighted by Gasteiger charge is 2.23. The Balaban J connectivity index is 0.00000225. The van der Waals surface area contributed by atoms with Crippen LogP contribution in [0.3, 0.4) is 0 Å². The molecule has 0 saturated carbocycles. The van der Waals surface area contributed by atoms with Gasteiger partial charge in [-0.25, -0.2) is 4.98 Å². The van der Waals surface area contributed by atoms with Crippen LogP contribution in [0.1, 0.15) is 21.7 Å². The Morgan fingerprint density at radius 1 is 1.20 bits per heavy atom. The molecule has 0 aliphatic heterocycles. The van der Waals surface area contributed by atoms with E-state index in [1.165, 1.54) is 23.2 Å². The number of carbonyl (C=O) groups is 1. The van der Waals surface area contributed by atoms with E-state index in [9.17, 15) is 4.79 Å². The molecule has 5 nitrogen and oxygen atoms in total. The number of halogens is 1. The fourth-order valence-electron chi connectivity index (χ4n) is 2.45. The van der Waals surface area contributed by atoms with E-state index in [-0.39, 0.29) is 18.3 Å². The van der Waals surface area contributed by atoms with E-state index in [1.54, 1.807) is 17.0 Å². The third kappa shape index (κ3) is 4.03. The first kappa shape index (κ1) is 19.4. The number of hydrogen-bond donors (Lipinski definition) is 0. The van der Waals surface area contributed by atoms with Crippen molar-refractivity contribution < 1.29 is 9.21 Å². The predicted octanol–water partition coefficient (Wildman–Crippen LogP) is 4.14. The van der Waals surface area contributed by atoms with E-state index >= 15 is 0 Å². The second kappa shape index (κ2) is 7.99. The Hall–Kier alpha value is -1.89. The Morgan fingerprint density at radius 2 is 1.96 bits per heavy atom. The summed E-state index contributed by atoms with van der Waals surface area (Å²) in [7, 11) is 3.98. The van der Waals surface area contributed by atoms with E-state index in [0.717, 1.165) is 22.3 Å². The molecule has 3 rings (SSSR count). The van der Waals surface area contributed by atoms with Gasteiger partial charge in [0, 0.05) is 13.1 Å². The fraction of sp³-hybridized carbons (Fsp3) is 0.333. The molecule has 0 spiro atoms. The van der Waals surface area contributed by atoms with Crippen molar-refractivity contribution in [1.29, 1.82) is 0 Å². The average molecular weight is 380 g/mol. The molecular weight excluding hydrogens is 358 g/mol. The normalized spacial score (nSPS) is 10.9. The Bertz CT molecular complexity index is 859. The summed E-state index contributed by atoms with van der Waals surface area (Å²) >= 11 is 1.54. The Kier molecular flexibility index (Phi) is 6.21. The lowest BCUT2D eigenvalue weighted by atomic mass is 10.1. The van der Waals surface area contributed by atoms with Gasteiger partial charge in [-0.2, -0.15) is 0 Å². The monoisotopic (exact) mass is 379 g/mol. The first-order valence-electron chi connectivity index (χ1n) is 7.84. The zero-order valence-corrected chi connectivity index (χ0v) is 16.4. The van der Waals surface area contributed by atoms with E-state index in [4.69, 9.17) is 9.40 Å². The van der Waals surface area contributed by atoms with Crippen molar-refractivity contribution in [3.8, 4) is 0 Å². The van der Waals surface area contributed by atoms with Gasteiger partial charge in [0.25, 0.3) is 5.91 Å². The molecule has 7 heteroatoms. The SMILES string of the molecule is Cc1ccc2sc(N(CCN(C)C)C(=O)c3ccco3)nc2c1C.Cl. The molecule has 0 atom stereocenters. The number of anilines is 1. The van der Waals surface area contributed by atoms with Gasteiger partial charge < -0.3 is 9.32 Å². The van der Waals surface area contributed by atoms with E-state index in [2.05, 4.69) is 26.0 Å². The van der Waals surface area contributed by atoms with Crippen molar-refractivity contribution in [2.24, 2.45) is 0 Å². The molecule has 0 unspecified atom stereocenters. The number of hydrogen-bond acceptors (Lipinski definition) is 5. The smallest absolute Gasteiger partial charge is 0.295 e. The molecule has 134 valence electrons. The standard InChI is InChI=1S/C18H21N3O2S.ClH/c1-12-7-8-15-16(13(12)2)19-18(24-15)21(10-9-20(3)4)17(22)14-6-5-11-23-14;/h5-8,11H,9-10H2,1-4H3;1H. The molecule has 0 N–H and O–H groups in total. The van der Waals surface area contributed by atoms with Gasteiger partial charge in [-0.15, -0.1) is 12.4 Å². The molecule has 0 aliphatic rings. The van der Waals surface area contributed by atoms with Crippen LogP contribution >= 0.6 is 23.7 Å². The maximum atomic E-state index is 12.8. The average Bonchev–Trinajstić information content (AvgIpc) is 3.20. The van der Waals surface area contributed by atoms with Crippen LogP contribution in [0.2, 0.25) is 0 Å². The predicted molar refractivity (Wildman–Crippen MR) is 105 cm³/mol. The molecule has 2 heterocycles. The van der Waals surface area contributed by atoms with Crippen LogP contribution in [-0.2, 0) is 0 Å². The van der Waals surface area contributed by atoms with Gasteiger partial charge in [-0.05, 0) is 57.3 Å². The summed E-state index contributed by atoms with van der Waals surface area (Å²) in [5, 5.41) is 0.710. The summed E-state index contributed by atoms with van der Waals surface area (Å²) in [5.41, 5.74) is 3.33. The number of fused-ring (bicyclic) bond motifs is 1. The number of rotatable bonds is 5. The third-order valence-corrected chi connectivity index (χ3v) is 5.10. The molecule has 0 radical (unpaired) electrons. The number of likely N-dealkylation sites (N-methyl/N-ethyl adjacent to an activating group) is 1. The summed E-state index contributed by atoms with van der Waals surface area (Å²) in [5.74, 6) is 0.177. The highest BCUT2D eigenvalue weighted by atomic mass is 35.5. The summed E-state index contributed by atoms with van der Waals surface area (Å²) < 4.78 is 6.39. The first-order valence-corrected chi connectivity index (χ1v) is 8.66. The molecule has 3 aromatic rings. The Morgan fingerprint density at radius 3 is 2.60 bits per heavy atom. The molecule has 1 amide bonds. The van der Waals surface area contributed by atoms with Crippen LogP contribution in [0.15, 0.2) is 34.9 Å². The molecular formula is C18H22ClN3O2S. The summed E-state index contributed by atoms with van der Waals surface area (Å²) in [4.78, 5) is 21.3. The van der Waals surface area contributed by atoms with Gasteiger partial charge in [0.15, 0.2) is 10.9 Å². The maximum absolute atomic E-state index is 12.8. The summed E-state index contributed by atoms with van der Waals surface area (Å²) in [6.07, 6.45) is 1.52. The largest absolute Gasteiger partial charge is 0.459 e. The highest BCUT2D eigenvalue weighted by molar-refractivity contribution is 7.22. The Labute approximate surface area is 157 Å². The lowest BCUT2D eigenvalue weighted by Crippen LogP contribution is -2.36. The highest BCUT2D eigenvalue weighted by Crippen LogP contribution is 2.32. The number of aromatic nitrogens is 1. The molecule has 0 saturated heterocycles. The van der Waals surface area contributed by atoms with E-state index in [0.29, 0.717) is 17.4 Å². The van der Waals surface area contributed by atoms with Gasteiger partial charge in [-0.1, -0.05) is 17.4 Å². The number of amides is 1. The topological polar surface area (TPSA) is 49.6 Å². The number of thiazole rings is 1. The first-order chi connectivity index (χ1) is 11.5. The number of benzene rings is 1. The van der Waals surface area contributed by atoms with Crippen molar-refractivity contribution in [3.63, 3.8) is 0 Å². The van der Waals surface area contributed by atoms with Crippen LogP contribution < -0.4 is 4.90 Å². The van der Waals surface area contributed by atoms with Gasteiger partial charge >= 0.3 is 0 Å². The van der Waals surface area contributed by atoms with Crippen molar-refractivity contribution >= 4 is 45.0 Å². The lowest BCUT2D eigenvalue weighted by Gasteiger charge is -2.20. The van der Waals surface area contributed by atoms with Gasteiger partial charge in [0.1, 0.15) is 0 Å².